The molecule has 0 aliphatic carbocycles. The van der Waals surface area contributed by atoms with Crippen LogP contribution in [0.3, 0.4) is 0 Å². The van der Waals surface area contributed by atoms with E-state index in [2.05, 4.69) is 28.9 Å². The Kier molecular flexibility index (Phi) is 7.05. The number of fused-ring (bicyclic) bond motifs is 1. The van der Waals surface area contributed by atoms with Crippen LogP contribution < -0.4 is 10.5 Å². The predicted octanol–water partition coefficient (Wildman–Crippen LogP) is 5.74. The molecule has 0 fully saturated rings. The summed E-state index contributed by atoms with van der Waals surface area (Å²) in [6.07, 6.45) is 11.8. The summed E-state index contributed by atoms with van der Waals surface area (Å²) in [5, 5.41) is 0. The molecule has 1 heterocycles. The fourth-order valence-electron chi connectivity index (χ4n) is 3.06. The summed E-state index contributed by atoms with van der Waals surface area (Å²) >= 11 is 3.50. The first-order valence-corrected chi connectivity index (χ1v) is 9.21. The third-order valence-electron chi connectivity index (χ3n) is 4.31. The lowest BCUT2D eigenvalue weighted by Gasteiger charge is -2.30. The summed E-state index contributed by atoms with van der Waals surface area (Å²) in [6, 6.07) is 6.27. The summed E-state index contributed by atoms with van der Waals surface area (Å²) in [6.45, 7) is 2.26. The van der Waals surface area contributed by atoms with Crippen LogP contribution in [0.4, 0.5) is 0 Å². The van der Waals surface area contributed by atoms with Gasteiger partial charge in [-0.1, -0.05) is 61.4 Å². The number of rotatable bonds is 8. The van der Waals surface area contributed by atoms with Gasteiger partial charge in [-0.3, -0.25) is 0 Å². The molecule has 0 amide bonds. The highest BCUT2D eigenvalue weighted by Gasteiger charge is 2.25. The third-order valence-corrected chi connectivity index (χ3v) is 4.80. The standard InChI is InChI=1S/C18H28BrNO/c1-2-3-4-5-6-7-8-9-15-13-17(20)16-12-14(19)10-11-18(16)21-15/h10-12,15,17H,2-9,13,20H2,1H3/t15?,17-/m1/s1. The van der Waals surface area contributed by atoms with Crippen LogP contribution in [0.15, 0.2) is 22.7 Å². The van der Waals surface area contributed by atoms with Crippen molar-refractivity contribution in [3.8, 4) is 5.75 Å². The van der Waals surface area contributed by atoms with E-state index in [1.54, 1.807) is 0 Å². The van der Waals surface area contributed by atoms with E-state index in [-0.39, 0.29) is 6.04 Å². The molecule has 2 nitrogen and oxygen atoms in total. The van der Waals surface area contributed by atoms with Crippen LogP contribution in [0, 0.1) is 0 Å². The molecule has 0 saturated heterocycles. The maximum atomic E-state index is 6.29. The van der Waals surface area contributed by atoms with Crippen molar-refractivity contribution >= 4 is 15.9 Å². The van der Waals surface area contributed by atoms with Crippen molar-refractivity contribution in [3.63, 3.8) is 0 Å². The van der Waals surface area contributed by atoms with E-state index in [1.807, 2.05) is 12.1 Å². The SMILES string of the molecule is CCCCCCCCCC1C[C@@H](N)c2cc(Br)ccc2O1. The molecular weight excluding hydrogens is 326 g/mol. The van der Waals surface area contributed by atoms with Gasteiger partial charge in [-0.25, -0.2) is 0 Å². The number of unbranched alkanes of at least 4 members (excludes halogenated alkanes) is 6. The Morgan fingerprint density at radius 3 is 2.62 bits per heavy atom. The number of halogens is 1. The van der Waals surface area contributed by atoms with Crippen molar-refractivity contribution in [2.24, 2.45) is 5.73 Å². The van der Waals surface area contributed by atoms with Crippen molar-refractivity contribution in [2.75, 3.05) is 0 Å². The van der Waals surface area contributed by atoms with Gasteiger partial charge in [0.25, 0.3) is 0 Å². The van der Waals surface area contributed by atoms with Gasteiger partial charge in [-0.05, 0) is 31.0 Å². The lowest BCUT2D eigenvalue weighted by molar-refractivity contribution is 0.146. The van der Waals surface area contributed by atoms with E-state index >= 15 is 0 Å². The van der Waals surface area contributed by atoms with Crippen molar-refractivity contribution in [1.82, 2.24) is 0 Å². The van der Waals surface area contributed by atoms with E-state index < -0.39 is 0 Å². The second-order valence-electron chi connectivity index (χ2n) is 6.17. The average Bonchev–Trinajstić information content (AvgIpc) is 2.47. The minimum Gasteiger partial charge on any atom is -0.490 e. The van der Waals surface area contributed by atoms with Gasteiger partial charge in [0.15, 0.2) is 0 Å². The molecule has 1 aromatic carbocycles. The Labute approximate surface area is 137 Å². The molecule has 0 aromatic heterocycles. The maximum Gasteiger partial charge on any atom is 0.124 e. The van der Waals surface area contributed by atoms with Gasteiger partial charge in [-0.15, -0.1) is 0 Å². The Bertz CT molecular complexity index is 435. The minimum absolute atomic E-state index is 0.112. The molecular formula is C18H28BrNO. The summed E-state index contributed by atoms with van der Waals surface area (Å²) in [4.78, 5) is 0. The van der Waals surface area contributed by atoms with E-state index in [4.69, 9.17) is 10.5 Å². The Morgan fingerprint density at radius 2 is 1.86 bits per heavy atom. The highest BCUT2D eigenvalue weighted by molar-refractivity contribution is 9.10. The van der Waals surface area contributed by atoms with Crippen LogP contribution in [0.5, 0.6) is 5.75 Å². The largest absolute Gasteiger partial charge is 0.490 e. The first-order valence-electron chi connectivity index (χ1n) is 8.42. The van der Waals surface area contributed by atoms with Gasteiger partial charge in [0, 0.05) is 22.5 Å². The maximum absolute atomic E-state index is 6.29. The normalized spacial score (nSPS) is 20.9. The van der Waals surface area contributed by atoms with Crippen LogP contribution >= 0.6 is 15.9 Å². The molecule has 1 aromatic rings. The summed E-state index contributed by atoms with van der Waals surface area (Å²) in [5.74, 6) is 0.977. The van der Waals surface area contributed by atoms with Crippen LogP contribution in [0.1, 0.15) is 76.3 Å². The molecule has 21 heavy (non-hydrogen) atoms. The van der Waals surface area contributed by atoms with Gasteiger partial charge in [0.2, 0.25) is 0 Å². The van der Waals surface area contributed by atoms with Crippen LogP contribution in [-0.4, -0.2) is 6.10 Å². The third kappa shape index (κ3) is 5.30. The van der Waals surface area contributed by atoms with Crippen molar-refractivity contribution in [3.05, 3.63) is 28.2 Å². The summed E-state index contributed by atoms with van der Waals surface area (Å²) in [7, 11) is 0. The molecule has 2 N–H and O–H groups in total. The zero-order valence-electron chi connectivity index (χ0n) is 13.1. The van der Waals surface area contributed by atoms with Crippen LogP contribution in [0.25, 0.3) is 0 Å². The molecule has 1 aliphatic rings. The second kappa shape index (κ2) is 8.79. The van der Waals surface area contributed by atoms with Gasteiger partial charge in [0.1, 0.15) is 11.9 Å². The molecule has 118 valence electrons. The average molecular weight is 354 g/mol. The first kappa shape index (κ1) is 16.8. The molecule has 2 rings (SSSR count). The zero-order chi connectivity index (χ0) is 15.1. The Morgan fingerprint density at radius 1 is 1.14 bits per heavy atom. The summed E-state index contributed by atoms with van der Waals surface area (Å²) in [5.41, 5.74) is 7.43. The molecule has 0 spiro atoms. The minimum atomic E-state index is 0.112. The molecule has 0 saturated carbocycles. The fourth-order valence-corrected chi connectivity index (χ4v) is 3.44. The van der Waals surface area contributed by atoms with Gasteiger partial charge in [0.05, 0.1) is 0 Å². The second-order valence-corrected chi connectivity index (χ2v) is 7.09. The Balaban J connectivity index is 1.70. The molecule has 0 bridgehead atoms. The number of hydrogen-bond acceptors (Lipinski definition) is 2. The van der Waals surface area contributed by atoms with E-state index in [1.165, 1.54) is 44.9 Å². The first-order chi connectivity index (χ1) is 10.2. The van der Waals surface area contributed by atoms with Gasteiger partial charge >= 0.3 is 0 Å². The molecule has 3 heteroatoms. The lowest BCUT2D eigenvalue weighted by Crippen LogP contribution is -2.29. The molecule has 1 aliphatic heterocycles. The number of hydrogen-bond donors (Lipinski definition) is 1. The summed E-state index contributed by atoms with van der Waals surface area (Å²) < 4.78 is 7.18. The smallest absolute Gasteiger partial charge is 0.124 e. The number of ether oxygens (including phenoxy) is 1. The van der Waals surface area contributed by atoms with Crippen molar-refractivity contribution < 1.29 is 4.74 Å². The van der Waals surface area contributed by atoms with Crippen molar-refractivity contribution in [1.29, 1.82) is 0 Å². The predicted molar refractivity (Wildman–Crippen MR) is 92.7 cm³/mol. The number of benzene rings is 1. The lowest BCUT2D eigenvalue weighted by atomic mass is 9.94. The van der Waals surface area contributed by atoms with Crippen molar-refractivity contribution in [2.45, 2.75) is 76.9 Å². The van der Waals surface area contributed by atoms with E-state index in [9.17, 15) is 0 Å². The quantitative estimate of drug-likeness (QED) is 0.604. The highest BCUT2D eigenvalue weighted by atomic mass is 79.9. The van der Waals surface area contributed by atoms with Crippen LogP contribution in [0.2, 0.25) is 0 Å². The van der Waals surface area contributed by atoms with E-state index in [0.29, 0.717) is 6.10 Å². The van der Waals surface area contributed by atoms with Crippen LogP contribution in [-0.2, 0) is 0 Å². The topological polar surface area (TPSA) is 35.2 Å². The monoisotopic (exact) mass is 353 g/mol. The van der Waals surface area contributed by atoms with Gasteiger partial charge < -0.3 is 10.5 Å². The van der Waals surface area contributed by atoms with Gasteiger partial charge in [-0.2, -0.15) is 0 Å². The molecule has 0 radical (unpaired) electrons. The highest BCUT2D eigenvalue weighted by Crippen LogP contribution is 2.36. The molecule has 1 unspecified atom stereocenters. The van der Waals surface area contributed by atoms with E-state index in [0.717, 1.165) is 28.6 Å². The zero-order valence-corrected chi connectivity index (χ0v) is 14.7. The Hall–Kier alpha value is -0.540. The molecule has 2 atom stereocenters. The number of nitrogens with two attached hydrogens (primary N) is 1. The fraction of sp³-hybridized carbons (Fsp3) is 0.667.